The molecular formula is C13H20N2S. The van der Waals surface area contributed by atoms with Gasteiger partial charge in [0.1, 0.15) is 0 Å². The van der Waals surface area contributed by atoms with Crippen molar-refractivity contribution in [1.82, 2.24) is 10.3 Å². The molecule has 2 saturated carbocycles. The van der Waals surface area contributed by atoms with Gasteiger partial charge >= 0.3 is 0 Å². The summed E-state index contributed by atoms with van der Waals surface area (Å²) in [6, 6.07) is 0. The number of rotatable bonds is 5. The molecule has 0 amide bonds. The molecule has 3 rings (SSSR count). The van der Waals surface area contributed by atoms with Crippen molar-refractivity contribution in [2.45, 2.75) is 44.4 Å². The first kappa shape index (κ1) is 10.7. The fourth-order valence-corrected chi connectivity index (χ4v) is 3.64. The van der Waals surface area contributed by atoms with E-state index in [-0.39, 0.29) is 0 Å². The van der Waals surface area contributed by atoms with Crippen LogP contribution in [0.2, 0.25) is 0 Å². The Morgan fingerprint density at radius 3 is 2.88 bits per heavy atom. The van der Waals surface area contributed by atoms with Crippen molar-refractivity contribution >= 4 is 11.3 Å². The molecule has 0 bridgehead atoms. The molecule has 88 valence electrons. The normalized spacial score (nSPS) is 23.1. The SMILES string of the molecule is CNCC1(Cc2nc(C3CCC3)cs2)CC1. The summed E-state index contributed by atoms with van der Waals surface area (Å²) in [5, 5.41) is 6.99. The second-order valence-corrected chi connectivity index (χ2v) is 6.44. The molecular weight excluding hydrogens is 216 g/mol. The van der Waals surface area contributed by atoms with E-state index >= 15 is 0 Å². The zero-order valence-corrected chi connectivity index (χ0v) is 10.8. The van der Waals surface area contributed by atoms with Gasteiger partial charge in [-0.3, -0.25) is 0 Å². The number of nitrogens with one attached hydrogen (secondary N) is 1. The first-order valence-electron chi connectivity index (χ1n) is 6.40. The van der Waals surface area contributed by atoms with Gasteiger partial charge in [0.15, 0.2) is 0 Å². The molecule has 0 unspecified atom stereocenters. The highest BCUT2D eigenvalue weighted by atomic mass is 32.1. The standard InChI is InChI=1S/C13H20N2S/c1-14-9-13(5-6-13)7-12-15-11(8-16-12)10-3-2-4-10/h8,10,14H,2-7,9H2,1H3. The van der Waals surface area contributed by atoms with E-state index in [1.165, 1.54) is 49.2 Å². The van der Waals surface area contributed by atoms with Gasteiger partial charge in [-0.1, -0.05) is 6.42 Å². The summed E-state index contributed by atoms with van der Waals surface area (Å²) in [5.74, 6) is 0.796. The average Bonchev–Trinajstić information content (AvgIpc) is 2.77. The first-order valence-corrected chi connectivity index (χ1v) is 7.28. The van der Waals surface area contributed by atoms with E-state index in [2.05, 4.69) is 17.7 Å². The number of hydrogen-bond donors (Lipinski definition) is 1. The van der Waals surface area contributed by atoms with Crippen LogP contribution < -0.4 is 5.32 Å². The van der Waals surface area contributed by atoms with Gasteiger partial charge in [0.25, 0.3) is 0 Å². The van der Waals surface area contributed by atoms with E-state index in [0.717, 1.165) is 12.5 Å². The minimum atomic E-state index is 0.559. The molecule has 0 spiro atoms. The van der Waals surface area contributed by atoms with Gasteiger partial charge in [-0.15, -0.1) is 11.3 Å². The van der Waals surface area contributed by atoms with Gasteiger partial charge in [0, 0.05) is 24.3 Å². The van der Waals surface area contributed by atoms with Crippen LogP contribution in [0.4, 0.5) is 0 Å². The second kappa shape index (κ2) is 4.11. The number of nitrogens with zero attached hydrogens (tertiary/aromatic N) is 1. The van der Waals surface area contributed by atoms with Gasteiger partial charge in [0.05, 0.1) is 10.7 Å². The minimum absolute atomic E-state index is 0.559. The van der Waals surface area contributed by atoms with Gasteiger partial charge in [-0.2, -0.15) is 0 Å². The van der Waals surface area contributed by atoms with Crippen LogP contribution in [-0.4, -0.2) is 18.6 Å². The van der Waals surface area contributed by atoms with Gasteiger partial charge < -0.3 is 5.32 Å². The van der Waals surface area contributed by atoms with Crippen LogP contribution in [0.25, 0.3) is 0 Å². The highest BCUT2D eigenvalue weighted by Crippen LogP contribution is 2.48. The molecule has 2 aliphatic rings. The summed E-state index contributed by atoms with van der Waals surface area (Å²) in [6.45, 7) is 1.16. The Hall–Kier alpha value is -0.410. The molecule has 2 nitrogen and oxygen atoms in total. The maximum atomic E-state index is 4.83. The Labute approximate surface area is 101 Å². The lowest BCUT2D eigenvalue weighted by Crippen LogP contribution is -2.22. The van der Waals surface area contributed by atoms with Crippen LogP contribution in [0.15, 0.2) is 5.38 Å². The third-order valence-corrected chi connectivity index (χ3v) is 5.00. The van der Waals surface area contributed by atoms with Gasteiger partial charge in [0.2, 0.25) is 0 Å². The van der Waals surface area contributed by atoms with Crippen molar-refractivity contribution in [1.29, 1.82) is 0 Å². The molecule has 16 heavy (non-hydrogen) atoms. The molecule has 0 saturated heterocycles. The van der Waals surface area contributed by atoms with Crippen molar-refractivity contribution in [3.63, 3.8) is 0 Å². The zero-order valence-electron chi connectivity index (χ0n) is 9.96. The summed E-state index contributed by atoms with van der Waals surface area (Å²) < 4.78 is 0. The maximum absolute atomic E-state index is 4.83. The van der Waals surface area contributed by atoms with Crippen LogP contribution in [0.5, 0.6) is 0 Å². The van der Waals surface area contributed by atoms with E-state index in [4.69, 9.17) is 4.98 Å². The van der Waals surface area contributed by atoms with Crippen molar-refractivity contribution in [3.8, 4) is 0 Å². The highest BCUT2D eigenvalue weighted by Gasteiger charge is 2.42. The molecule has 0 atom stereocenters. The topological polar surface area (TPSA) is 24.9 Å². The fraction of sp³-hybridized carbons (Fsp3) is 0.769. The Bertz CT molecular complexity index is 364. The van der Waals surface area contributed by atoms with Gasteiger partial charge in [-0.25, -0.2) is 4.98 Å². The summed E-state index contributed by atoms with van der Waals surface area (Å²) in [5.41, 5.74) is 1.94. The Kier molecular flexibility index (Phi) is 2.76. The van der Waals surface area contributed by atoms with E-state index in [9.17, 15) is 0 Å². The van der Waals surface area contributed by atoms with Crippen molar-refractivity contribution in [2.75, 3.05) is 13.6 Å². The minimum Gasteiger partial charge on any atom is -0.319 e. The number of thiazole rings is 1. The molecule has 0 aromatic carbocycles. The highest BCUT2D eigenvalue weighted by molar-refractivity contribution is 7.09. The third kappa shape index (κ3) is 2.03. The largest absolute Gasteiger partial charge is 0.319 e. The Morgan fingerprint density at radius 1 is 1.50 bits per heavy atom. The molecule has 1 heterocycles. The predicted molar refractivity (Wildman–Crippen MR) is 68.0 cm³/mol. The van der Waals surface area contributed by atoms with Crippen molar-refractivity contribution < 1.29 is 0 Å². The quantitative estimate of drug-likeness (QED) is 0.850. The Morgan fingerprint density at radius 2 is 2.31 bits per heavy atom. The van der Waals surface area contributed by atoms with Crippen molar-refractivity contribution in [3.05, 3.63) is 16.1 Å². The van der Waals surface area contributed by atoms with Crippen LogP contribution in [0.3, 0.4) is 0 Å². The summed E-state index contributed by atoms with van der Waals surface area (Å²) in [7, 11) is 2.06. The number of aromatic nitrogens is 1. The smallest absolute Gasteiger partial charge is 0.0934 e. The monoisotopic (exact) mass is 236 g/mol. The summed E-state index contributed by atoms with van der Waals surface area (Å²) >= 11 is 1.88. The number of hydrogen-bond acceptors (Lipinski definition) is 3. The third-order valence-electron chi connectivity index (χ3n) is 4.13. The predicted octanol–water partition coefficient (Wildman–Crippen LogP) is 2.95. The lowest BCUT2D eigenvalue weighted by molar-refractivity contribution is 0.410. The lowest BCUT2D eigenvalue weighted by Gasteiger charge is -2.23. The van der Waals surface area contributed by atoms with E-state index < -0.39 is 0 Å². The van der Waals surface area contributed by atoms with Crippen LogP contribution in [0, 0.1) is 5.41 Å². The molecule has 1 aromatic rings. The van der Waals surface area contributed by atoms with Gasteiger partial charge in [-0.05, 0) is 38.1 Å². The molecule has 1 N–H and O–H groups in total. The molecule has 3 heteroatoms. The van der Waals surface area contributed by atoms with E-state index in [1.807, 2.05) is 11.3 Å². The second-order valence-electron chi connectivity index (χ2n) is 5.50. The molecule has 2 fully saturated rings. The molecule has 0 radical (unpaired) electrons. The molecule has 1 aromatic heterocycles. The Balaban J connectivity index is 1.64. The van der Waals surface area contributed by atoms with Crippen LogP contribution in [-0.2, 0) is 6.42 Å². The first-order chi connectivity index (χ1) is 7.81. The van der Waals surface area contributed by atoms with Crippen molar-refractivity contribution in [2.24, 2.45) is 5.41 Å². The molecule has 2 aliphatic carbocycles. The van der Waals surface area contributed by atoms with E-state index in [0.29, 0.717) is 5.41 Å². The average molecular weight is 236 g/mol. The lowest BCUT2D eigenvalue weighted by atomic mass is 9.83. The zero-order chi connectivity index (χ0) is 11.0. The van der Waals surface area contributed by atoms with Crippen LogP contribution >= 0.6 is 11.3 Å². The van der Waals surface area contributed by atoms with Crippen LogP contribution in [0.1, 0.15) is 48.7 Å². The maximum Gasteiger partial charge on any atom is 0.0934 e. The molecule has 0 aliphatic heterocycles. The summed E-state index contributed by atoms with van der Waals surface area (Å²) in [4.78, 5) is 4.83. The van der Waals surface area contributed by atoms with E-state index in [1.54, 1.807) is 0 Å². The summed E-state index contributed by atoms with van der Waals surface area (Å²) in [6.07, 6.45) is 8.10. The fourth-order valence-electron chi connectivity index (χ4n) is 2.59.